The lowest BCUT2D eigenvalue weighted by Gasteiger charge is -2.27. The van der Waals surface area contributed by atoms with Crippen LogP contribution >= 0.6 is 0 Å². The van der Waals surface area contributed by atoms with Crippen molar-refractivity contribution in [3.63, 3.8) is 0 Å². The van der Waals surface area contributed by atoms with E-state index in [1.54, 1.807) is 60.7 Å². The van der Waals surface area contributed by atoms with E-state index in [0.717, 1.165) is 7.11 Å². The molecule has 1 saturated heterocycles. The molecule has 0 radical (unpaired) electrons. The summed E-state index contributed by atoms with van der Waals surface area (Å²) >= 11 is 0. The molecule has 0 N–H and O–H groups in total. The predicted octanol–water partition coefficient (Wildman–Crippen LogP) is 3.04. The van der Waals surface area contributed by atoms with E-state index in [-0.39, 0.29) is 13.2 Å². The van der Waals surface area contributed by atoms with E-state index < -0.39 is 57.8 Å². The molecule has 36 heavy (non-hydrogen) atoms. The molecule has 0 spiro atoms. The van der Waals surface area contributed by atoms with Gasteiger partial charge in [-0.25, -0.2) is 0 Å². The Kier molecular flexibility index (Phi) is 9.38. The monoisotopic (exact) mass is 535 g/mol. The Morgan fingerprint density at radius 1 is 1.00 bits per heavy atom. The smallest absolute Gasteiger partial charge is 0.368 e. The molecule has 3 rings (SSSR count). The maximum Gasteiger partial charge on any atom is 0.523 e. The number of halogens is 3. The van der Waals surface area contributed by atoms with Crippen molar-refractivity contribution < 1.29 is 49.6 Å². The van der Waals surface area contributed by atoms with Crippen LogP contribution in [0.5, 0.6) is 0 Å². The zero-order valence-corrected chi connectivity index (χ0v) is 19.8. The standard InChI is InChI=1S/C22H24F3NO9S/c1-31-21-20(35-36(29,30)22(23,24)25)19(33-14-16-10-6-3-7-11-16)18(34-21)17(12-26(27)28)32-13-15-8-4-2-5-9-15/h2-11,17-21H,12-14H2,1H3/t17-,18-,19+,20-,21+/m1/s1. The SMILES string of the molecule is CO[C@H]1O[C@H]([C@@H](C[N+](=O)[O-])OCc2ccccc2)[C@H](OCc2ccccc2)[C@H]1OS(=O)(=O)C(F)(F)F. The number of ether oxygens (including phenoxy) is 4. The molecule has 0 unspecified atom stereocenters. The summed E-state index contributed by atoms with van der Waals surface area (Å²) in [5.41, 5.74) is -4.45. The maximum absolute atomic E-state index is 13.1. The molecule has 0 aliphatic carbocycles. The second kappa shape index (κ2) is 12.1. The number of hydrogen-bond acceptors (Lipinski definition) is 9. The van der Waals surface area contributed by atoms with Gasteiger partial charge in [0.25, 0.3) is 0 Å². The highest BCUT2D eigenvalue weighted by atomic mass is 32.2. The molecule has 198 valence electrons. The van der Waals surface area contributed by atoms with Gasteiger partial charge in [-0.05, 0) is 11.1 Å². The second-order valence-electron chi connectivity index (χ2n) is 7.78. The number of methoxy groups -OCH3 is 1. The third-order valence-electron chi connectivity index (χ3n) is 5.25. The van der Waals surface area contributed by atoms with Crippen LogP contribution in [0.2, 0.25) is 0 Å². The van der Waals surface area contributed by atoms with Crippen molar-refractivity contribution in [3.8, 4) is 0 Å². The highest BCUT2D eigenvalue weighted by Crippen LogP contribution is 2.35. The Morgan fingerprint density at radius 2 is 1.56 bits per heavy atom. The molecule has 0 saturated carbocycles. The summed E-state index contributed by atoms with van der Waals surface area (Å²) in [6.45, 7) is -1.08. The number of benzene rings is 2. The van der Waals surface area contributed by atoms with Crippen molar-refractivity contribution >= 4 is 10.1 Å². The van der Waals surface area contributed by atoms with Crippen molar-refractivity contribution in [1.29, 1.82) is 0 Å². The van der Waals surface area contributed by atoms with Gasteiger partial charge in [-0.1, -0.05) is 60.7 Å². The lowest BCUT2D eigenvalue weighted by molar-refractivity contribution is -0.495. The number of nitrogens with zero attached hydrogens (tertiary/aromatic N) is 1. The van der Waals surface area contributed by atoms with Crippen molar-refractivity contribution in [2.75, 3.05) is 13.7 Å². The van der Waals surface area contributed by atoms with Gasteiger partial charge in [0.1, 0.15) is 12.2 Å². The van der Waals surface area contributed by atoms with Crippen molar-refractivity contribution in [2.45, 2.75) is 49.4 Å². The molecular formula is C22H24F3NO9S. The number of hydrogen-bond donors (Lipinski definition) is 0. The van der Waals surface area contributed by atoms with Crippen LogP contribution in [-0.2, 0) is 46.5 Å². The topological polar surface area (TPSA) is 123 Å². The summed E-state index contributed by atoms with van der Waals surface area (Å²) in [5.74, 6) is 0. The summed E-state index contributed by atoms with van der Waals surface area (Å²) in [7, 11) is -5.02. The van der Waals surface area contributed by atoms with Crippen molar-refractivity contribution in [3.05, 3.63) is 81.9 Å². The molecule has 1 heterocycles. The van der Waals surface area contributed by atoms with E-state index in [4.69, 9.17) is 18.9 Å². The first-order valence-electron chi connectivity index (χ1n) is 10.6. The normalized spacial score (nSPS) is 23.4. The molecule has 1 fully saturated rings. The van der Waals surface area contributed by atoms with Gasteiger partial charge in [-0.2, -0.15) is 21.6 Å². The van der Waals surface area contributed by atoms with Crippen LogP contribution in [0.25, 0.3) is 0 Å². The molecule has 0 aromatic heterocycles. The zero-order valence-electron chi connectivity index (χ0n) is 18.9. The first-order chi connectivity index (χ1) is 17.0. The molecule has 14 heteroatoms. The highest BCUT2D eigenvalue weighted by Gasteiger charge is 2.57. The summed E-state index contributed by atoms with van der Waals surface area (Å²) in [5, 5.41) is 11.4. The Labute approximate surface area is 205 Å². The molecular weight excluding hydrogens is 511 g/mol. The van der Waals surface area contributed by atoms with Crippen LogP contribution in [0.3, 0.4) is 0 Å². The molecule has 1 aliphatic rings. The van der Waals surface area contributed by atoms with Gasteiger partial charge in [-0.3, -0.25) is 14.3 Å². The summed E-state index contributed by atoms with van der Waals surface area (Å²) in [6, 6.07) is 17.1. The van der Waals surface area contributed by atoms with Gasteiger partial charge in [0.2, 0.25) is 6.54 Å². The minimum absolute atomic E-state index is 0.0887. The van der Waals surface area contributed by atoms with E-state index in [1.165, 1.54) is 0 Å². The van der Waals surface area contributed by atoms with Crippen LogP contribution in [0.4, 0.5) is 13.2 Å². The van der Waals surface area contributed by atoms with Gasteiger partial charge in [0.05, 0.1) is 13.2 Å². The highest BCUT2D eigenvalue weighted by molar-refractivity contribution is 7.87. The molecule has 10 nitrogen and oxygen atoms in total. The lowest BCUT2D eigenvalue weighted by Crippen LogP contribution is -2.47. The molecule has 0 bridgehead atoms. The molecule has 5 atom stereocenters. The van der Waals surface area contributed by atoms with Gasteiger partial charge < -0.3 is 18.9 Å². The Morgan fingerprint density at radius 3 is 2.06 bits per heavy atom. The summed E-state index contributed by atoms with van der Waals surface area (Å²) in [4.78, 5) is 10.7. The predicted molar refractivity (Wildman–Crippen MR) is 117 cm³/mol. The fourth-order valence-corrected chi connectivity index (χ4v) is 4.18. The van der Waals surface area contributed by atoms with Crippen molar-refractivity contribution in [2.24, 2.45) is 0 Å². The Hall–Kier alpha value is -2.62. The zero-order chi connectivity index (χ0) is 26.3. The molecule has 2 aromatic rings. The van der Waals surface area contributed by atoms with E-state index in [1.807, 2.05) is 0 Å². The molecule has 1 aliphatic heterocycles. The minimum Gasteiger partial charge on any atom is -0.368 e. The van der Waals surface area contributed by atoms with Gasteiger partial charge in [-0.15, -0.1) is 0 Å². The Balaban J connectivity index is 1.91. The largest absolute Gasteiger partial charge is 0.523 e. The van der Waals surface area contributed by atoms with Crippen LogP contribution < -0.4 is 0 Å². The first-order valence-corrected chi connectivity index (χ1v) is 12.0. The van der Waals surface area contributed by atoms with Crippen LogP contribution in [0, 0.1) is 10.1 Å². The fourth-order valence-electron chi connectivity index (χ4n) is 3.57. The first kappa shape index (κ1) is 28.0. The Bertz CT molecular complexity index is 1090. The van der Waals surface area contributed by atoms with Gasteiger partial charge >= 0.3 is 15.6 Å². The maximum atomic E-state index is 13.1. The minimum atomic E-state index is -6.08. The lowest BCUT2D eigenvalue weighted by atomic mass is 10.0. The second-order valence-corrected chi connectivity index (χ2v) is 9.34. The van der Waals surface area contributed by atoms with E-state index in [9.17, 15) is 31.7 Å². The summed E-state index contributed by atoms with van der Waals surface area (Å²) in [6.07, 6.45) is -7.86. The van der Waals surface area contributed by atoms with Crippen molar-refractivity contribution in [1.82, 2.24) is 0 Å². The van der Waals surface area contributed by atoms with E-state index in [2.05, 4.69) is 4.18 Å². The number of nitro groups is 1. The van der Waals surface area contributed by atoms with Crippen LogP contribution in [-0.4, -0.2) is 63.2 Å². The van der Waals surface area contributed by atoms with Crippen LogP contribution in [0.1, 0.15) is 11.1 Å². The fraction of sp³-hybridized carbons (Fsp3) is 0.455. The average molecular weight is 535 g/mol. The summed E-state index contributed by atoms with van der Waals surface area (Å²) < 4.78 is 89.4. The average Bonchev–Trinajstić information content (AvgIpc) is 3.17. The van der Waals surface area contributed by atoms with E-state index in [0.29, 0.717) is 11.1 Å². The van der Waals surface area contributed by atoms with Gasteiger partial charge in [0, 0.05) is 12.0 Å². The molecule has 0 amide bonds. The van der Waals surface area contributed by atoms with Crippen LogP contribution in [0.15, 0.2) is 60.7 Å². The third-order valence-corrected chi connectivity index (χ3v) is 6.29. The quantitative estimate of drug-likeness (QED) is 0.175. The van der Waals surface area contributed by atoms with E-state index >= 15 is 0 Å². The number of alkyl halides is 3. The molecule has 2 aromatic carbocycles. The third kappa shape index (κ3) is 7.21. The number of rotatable bonds is 12. The van der Waals surface area contributed by atoms with Gasteiger partial charge in [0.15, 0.2) is 18.5 Å².